The van der Waals surface area contributed by atoms with Crippen molar-refractivity contribution in [3.05, 3.63) is 0 Å². The normalized spacial score (nSPS) is 7.11. The Morgan fingerprint density at radius 3 is 1.89 bits per heavy atom. The van der Waals surface area contributed by atoms with E-state index >= 15 is 0 Å². The fourth-order valence-corrected chi connectivity index (χ4v) is 0.559. The molecular weight excluding hydrogens is 144 g/mol. The van der Waals surface area contributed by atoms with Crippen LogP contribution in [0.4, 0.5) is 0 Å². The zero-order valence-electron chi connectivity index (χ0n) is 5.21. The summed E-state index contributed by atoms with van der Waals surface area (Å²) in [5.74, 6) is 0. The van der Waals surface area contributed by atoms with Crippen molar-refractivity contribution >= 4 is 25.3 Å². The number of hydrogen-bond acceptors (Lipinski definition) is 4. The molecule has 1 N–H and O–H groups in total. The average molecular weight is 145 g/mol. The molecule has 1 aromatic rings. The van der Waals surface area contributed by atoms with E-state index in [1.165, 1.54) is 0 Å². The number of hydrogen-bond donors (Lipinski definition) is 1. The van der Waals surface area contributed by atoms with Gasteiger partial charge in [0.25, 0.3) is 0 Å². The van der Waals surface area contributed by atoms with Gasteiger partial charge < -0.3 is 25.3 Å². The molecule has 0 fully saturated rings. The molecule has 3 nitrogen and oxygen atoms in total. The largest absolute Gasteiger partial charge is 1.00 e. The van der Waals surface area contributed by atoms with Crippen molar-refractivity contribution in [2.75, 3.05) is 0 Å². The van der Waals surface area contributed by atoms with Crippen LogP contribution >= 0.6 is 0 Å². The molecule has 0 aliphatic carbocycles. The van der Waals surface area contributed by atoms with E-state index in [0.717, 1.165) is 0 Å². The van der Waals surface area contributed by atoms with Gasteiger partial charge in [0.15, 0.2) is 0 Å². The molecule has 0 bridgehead atoms. The third-order valence-electron chi connectivity index (χ3n) is 0.444. The SMILES string of the molecule is [Li+].[Li+].[S-]c1n[nH]c([S-])n1. The van der Waals surface area contributed by atoms with Gasteiger partial charge in [0, 0.05) is 10.3 Å². The second-order valence-electron chi connectivity index (χ2n) is 0.923. The van der Waals surface area contributed by atoms with E-state index in [-0.39, 0.29) is 42.9 Å². The standard InChI is InChI=1S/C2H3N3S2.2Li/c6-1-3-2(7)5-4-1;;/h(H3,3,4,5,6,7);;/q;2*+1/p-2. The Kier molecular flexibility index (Phi) is 7.68. The van der Waals surface area contributed by atoms with Crippen molar-refractivity contribution in [3.63, 3.8) is 0 Å². The van der Waals surface area contributed by atoms with Gasteiger partial charge in [0.2, 0.25) is 0 Å². The van der Waals surface area contributed by atoms with Gasteiger partial charge in [-0.3, -0.25) is 10.1 Å². The molecule has 7 heteroatoms. The van der Waals surface area contributed by atoms with Crippen molar-refractivity contribution in [3.8, 4) is 0 Å². The first-order valence-electron chi connectivity index (χ1n) is 1.55. The Hall–Kier alpha value is 0.775. The van der Waals surface area contributed by atoms with Crippen LogP contribution in [0, 0.1) is 0 Å². The van der Waals surface area contributed by atoms with Gasteiger partial charge in [0.05, 0.1) is 0 Å². The van der Waals surface area contributed by atoms with Gasteiger partial charge >= 0.3 is 37.7 Å². The number of aromatic nitrogens is 3. The smallest absolute Gasteiger partial charge is 0.741 e. The molecular formula is C2HLi2N3S2. The summed E-state index contributed by atoms with van der Waals surface area (Å²) < 4.78 is 0. The molecule has 1 aromatic heterocycles. The van der Waals surface area contributed by atoms with E-state index < -0.39 is 0 Å². The number of nitrogens with zero attached hydrogens (tertiary/aromatic N) is 2. The Morgan fingerprint density at radius 2 is 1.78 bits per heavy atom. The summed E-state index contributed by atoms with van der Waals surface area (Å²) in [5, 5.41) is 6.54. The molecule has 0 aromatic carbocycles. The van der Waals surface area contributed by atoms with E-state index in [9.17, 15) is 0 Å². The molecule has 0 amide bonds. The topological polar surface area (TPSA) is 41.6 Å². The first-order chi connectivity index (χ1) is 3.29. The van der Waals surface area contributed by atoms with Crippen LogP contribution in [-0.4, -0.2) is 15.2 Å². The van der Waals surface area contributed by atoms with Crippen LogP contribution in [0.3, 0.4) is 0 Å². The second kappa shape index (κ2) is 5.55. The van der Waals surface area contributed by atoms with Crippen molar-refractivity contribution in [2.45, 2.75) is 10.3 Å². The van der Waals surface area contributed by atoms with E-state index in [0.29, 0.717) is 5.16 Å². The van der Waals surface area contributed by atoms with Gasteiger partial charge in [-0.15, -0.1) is 0 Å². The molecule has 0 atom stereocenters. The molecule has 0 saturated carbocycles. The van der Waals surface area contributed by atoms with Crippen LogP contribution in [-0.2, 0) is 25.3 Å². The summed E-state index contributed by atoms with van der Waals surface area (Å²) in [7, 11) is 0. The second-order valence-corrected chi connectivity index (χ2v) is 1.67. The van der Waals surface area contributed by atoms with Crippen LogP contribution in [0.5, 0.6) is 0 Å². The zero-order valence-corrected chi connectivity index (χ0v) is 6.84. The summed E-state index contributed by atoms with van der Waals surface area (Å²) in [6.07, 6.45) is 0. The summed E-state index contributed by atoms with van der Waals surface area (Å²) in [5.41, 5.74) is 0. The van der Waals surface area contributed by atoms with E-state index in [2.05, 4.69) is 40.4 Å². The third kappa shape index (κ3) is 4.22. The van der Waals surface area contributed by atoms with Crippen molar-refractivity contribution < 1.29 is 37.7 Å². The maximum atomic E-state index is 4.54. The fourth-order valence-electron chi connectivity index (χ4n) is 0.233. The predicted molar refractivity (Wildman–Crippen MR) is 27.6 cm³/mol. The van der Waals surface area contributed by atoms with Crippen molar-refractivity contribution in [2.24, 2.45) is 0 Å². The third-order valence-corrected chi connectivity index (χ3v) is 0.810. The zero-order chi connectivity index (χ0) is 5.28. The van der Waals surface area contributed by atoms with Crippen molar-refractivity contribution in [1.82, 2.24) is 15.2 Å². The first kappa shape index (κ1) is 12.5. The van der Waals surface area contributed by atoms with Crippen LogP contribution in [0.25, 0.3) is 0 Å². The average Bonchev–Trinajstić information content (AvgIpc) is 1.87. The predicted octanol–water partition coefficient (Wildman–Crippen LogP) is -6.38. The number of aromatic amines is 1. The monoisotopic (exact) mass is 145 g/mol. The van der Waals surface area contributed by atoms with Crippen molar-refractivity contribution in [1.29, 1.82) is 0 Å². The molecule has 9 heavy (non-hydrogen) atoms. The minimum Gasteiger partial charge on any atom is -0.741 e. The van der Waals surface area contributed by atoms with Crippen LogP contribution in [0.2, 0.25) is 0 Å². The Morgan fingerprint density at radius 1 is 1.22 bits per heavy atom. The van der Waals surface area contributed by atoms with Gasteiger partial charge in [-0.1, -0.05) is 0 Å². The quantitative estimate of drug-likeness (QED) is 0.291. The molecule has 0 aliphatic heterocycles. The van der Waals surface area contributed by atoms with Gasteiger partial charge in [0.1, 0.15) is 0 Å². The van der Waals surface area contributed by atoms with Crippen LogP contribution < -0.4 is 37.7 Å². The maximum absolute atomic E-state index is 4.54. The van der Waals surface area contributed by atoms with Gasteiger partial charge in [-0.2, -0.15) is 5.10 Å². The molecule has 38 valence electrons. The maximum Gasteiger partial charge on any atom is 1.00 e. The summed E-state index contributed by atoms with van der Waals surface area (Å²) in [4.78, 5) is 3.57. The van der Waals surface area contributed by atoms with E-state index in [4.69, 9.17) is 0 Å². The molecule has 1 heterocycles. The number of rotatable bonds is 0. The van der Waals surface area contributed by atoms with Gasteiger partial charge in [-0.25, -0.2) is 0 Å². The Labute approximate surface area is 88.0 Å². The van der Waals surface area contributed by atoms with Crippen LogP contribution in [0.15, 0.2) is 10.3 Å². The minimum absolute atomic E-state index is 0. The summed E-state index contributed by atoms with van der Waals surface area (Å²) >= 11 is 9.05. The molecule has 0 spiro atoms. The Balaban J connectivity index is 0. The van der Waals surface area contributed by atoms with E-state index in [1.54, 1.807) is 0 Å². The molecule has 0 radical (unpaired) electrons. The minimum atomic E-state index is 0. The molecule has 0 saturated heterocycles. The summed E-state index contributed by atoms with van der Waals surface area (Å²) in [6, 6.07) is 0. The molecule has 0 aliphatic rings. The van der Waals surface area contributed by atoms with Crippen LogP contribution in [0.1, 0.15) is 0 Å². The van der Waals surface area contributed by atoms with E-state index in [1.807, 2.05) is 0 Å². The fraction of sp³-hybridized carbons (Fsp3) is 0. The number of H-pyrrole nitrogens is 1. The Bertz CT molecular complexity index is 150. The molecule has 0 unspecified atom stereocenters. The molecule has 1 rings (SSSR count). The summed E-state index contributed by atoms with van der Waals surface area (Å²) in [6.45, 7) is 0. The first-order valence-corrected chi connectivity index (χ1v) is 2.37. The van der Waals surface area contributed by atoms with Gasteiger partial charge in [-0.05, 0) is 0 Å². The number of nitrogens with one attached hydrogen (secondary N) is 1.